The van der Waals surface area contributed by atoms with E-state index in [0.29, 0.717) is 5.41 Å². The van der Waals surface area contributed by atoms with Gasteiger partial charge in [-0.3, -0.25) is 0 Å². The van der Waals surface area contributed by atoms with Crippen LogP contribution in [0.2, 0.25) is 0 Å². The van der Waals surface area contributed by atoms with Crippen LogP contribution in [0.25, 0.3) is 0 Å². The first-order chi connectivity index (χ1) is 8.35. The van der Waals surface area contributed by atoms with Crippen LogP contribution in [0.3, 0.4) is 0 Å². The third-order valence-corrected chi connectivity index (χ3v) is 3.98. The zero-order valence-electron chi connectivity index (χ0n) is 11.0. The molecule has 0 bridgehead atoms. The molecule has 2 saturated heterocycles. The molecule has 2 rings (SSSR count). The summed E-state index contributed by atoms with van der Waals surface area (Å²) in [4.78, 5) is 2.58. The summed E-state index contributed by atoms with van der Waals surface area (Å²) in [5, 5.41) is 3.37. The van der Waals surface area contributed by atoms with E-state index in [1.54, 1.807) is 0 Å². The summed E-state index contributed by atoms with van der Waals surface area (Å²) < 4.78 is 11.0. The molecule has 17 heavy (non-hydrogen) atoms. The molecule has 2 heterocycles. The molecule has 1 N–H and O–H groups in total. The first-order valence-corrected chi connectivity index (χ1v) is 6.87. The molecule has 4 heteroatoms. The van der Waals surface area contributed by atoms with E-state index in [-0.39, 0.29) is 0 Å². The van der Waals surface area contributed by atoms with Crippen LogP contribution in [0.1, 0.15) is 19.3 Å². The minimum atomic E-state index is 0.414. The smallest absolute Gasteiger partial charge is 0.0593 e. The van der Waals surface area contributed by atoms with Crippen LogP contribution in [0.4, 0.5) is 0 Å². The largest absolute Gasteiger partial charge is 0.381 e. The van der Waals surface area contributed by atoms with Gasteiger partial charge in [0.2, 0.25) is 0 Å². The topological polar surface area (TPSA) is 33.7 Å². The Balaban J connectivity index is 1.90. The number of nitrogens with one attached hydrogen (secondary N) is 1. The van der Waals surface area contributed by atoms with Crippen LogP contribution in [-0.4, -0.2) is 64.6 Å². The summed E-state index contributed by atoms with van der Waals surface area (Å²) in [7, 11) is 2.06. The molecule has 0 spiro atoms. The van der Waals surface area contributed by atoms with Gasteiger partial charge in [0.15, 0.2) is 0 Å². The van der Waals surface area contributed by atoms with E-state index in [4.69, 9.17) is 9.47 Å². The highest BCUT2D eigenvalue weighted by Crippen LogP contribution is 2.31. The highest BCUT2D eigenvalue weighted by atomic mass is 16.5. The lowest BCUT2D eigenvalue weighted by Gasteiger charge is -2.40. The van der Waals surface area contributed by atoms with Gasteiger partial charge in [-0.15, -0.1) is 0 Å². The summed E-state index contributed by atoms with van der Waals surface area (Å²) in [6.45, 7) is 8.25. The quantitative estimate of drug-likeness (QED) is 0.788. The molecule has 0 aromatic heterocycles. The summed E-state index contributed by atoms with van der Waals surface area (Å²) in [6, 6.07) is 0. The van der Waals surface area contributed by atoms with Crippen LogP contribution in [0.15, 0.2) is 0 Å². The van der Waals surface area contributed by atoms with E-state index < -0.39 is 0 Å². The van der Waals surface area contributed by atoms with E-state index in [9.17, 15) is 0 Å². The van der Waals surface area contributed by atoms with Crippen molar-refractivity contribution in [2.45, 2.75) is 19.3 Å². The second-order valence-corrected chi connectivity index (χ2v) is 5.38. The Bertz CT molecular complexity index is 204. The van der Waals surface area contributed by atoms with E-state index in [0.717, 1.165) is 39.5 Å². The molecule has 0 amide bonds. The van der Waals surface area contributed by atoms with Crippen LogP contribution in [0.5, 0.6) is 0 Å². The molecule has 0 atom stereocenters. The Morgan fingerprint density at radius 3 is 2.59 bits per heavy atom. The van der Waals surface area contributed by atoms with Gasteiger partial charge in [0.1, 0.15) is 0 Å². The molecular formula is C13H26N2O2. The van der Waals surface area contributed by atoms with Gasteiger partial charge in [-0.25, -0.2) is 0 Å². The monoisotopic (exact) mass is 242 g/mol. The molecule has 0 unspecified atom stereocenters. The minimum absolute atomic E-state index is 0.414. The second-order valence-electron chi connectivity index (χ2n) is 5.38. The Morgan fingerprint density at radius 2 is 1.82 bits per heavy atom. The molecule has 2 aliphatic rings. The summed E-state index contributed by atoms with van der Waals surface area (Å²) >= 11 is 0. The number of hydrogen-bond acceptors (Lipinski definition) is 4. The highest BCUT2D eigenvalue weighted by Gasteiger charge is 2.33. The normalized spacial score (nSPS) is 26.6. The molecule has 0 aliphatic carbocycles. The molecule has 0 aromatic carbocycles. The van der Waals surface area contributed by atoms with Gasteiger partial charge >= 0.3 is 0 Å². The van der Waals surface area contributed by atoms with Crippen molar-refractivity contribution in [3.8, 4) is 0 Å². The summed E-state index contributed by atoms with van der Waals surface area (Å²) in [5.74, 6) is 0. The van der Waals surface area contributed by atoms with Gasteiger partial charge < -0.3 is 19.7 Å². The molecule has 2 aliphatic heterocycles. The third-order valence-electron chi connectivity index (χ3n) is 3.98. The van der Waals surface area contributed by atoms with E-state index in [1.165, 1.54) is 32.4 Å². The van der Waals surface area contributed by atoms with Crippen LogP contribution in [-0.2, 0) is 9.47 Å². The summed E-state index contributed by atoms with van der Waals surface area (Å²) in [6.07, 6.45) is 3.54. The van der Waals surface area contributed by atoms with Crippen molar-refractivity contribution >= 4 is 0 Å². The van der Waals surface area contributed by atoms with Crippen LogP contribution >= 0.6 is 0 Å². The number of rotatable bonds is 4. The van der Waals surface area contributed by atoms with E-state index >= 15 is 0 Å². The third kappa shape index (κ3) is 3.91. The van der Waals surface area contributed by atoms with Gasteiger partial charge in [0.05, 0.1) is 6.61 Å². The average Bonchev–Trinajstić information content (AvgIpc) is 2.59. The average molecular weight is 242 g/mol. The molecule has 0 radical (unpaired) electrons. The second kappa shape index (κ2) is 6.69. The van der Waals surface area contributed by atoms with Crippen molar-refractivity contribution in [1.82, 2.24) is 10.2 Å². The Labute approximate surface area is 105 Å². The van der Waals surface area contributed by atoms with Crippen molar-refractivity contribution in [3.05, 3.63) is 0 Å². The maximum Gasteiger partial charge on any atom is 0.0593 e. The number of nitrogens with zero attached hydrogens (tertiary/aromatic N) is 1. The Hall–Kier alpha value is -0.160. The first kappa shape index (κ1) is 13.3. The lowest BCUT2D eigenvalue weighted by molar-refractivity contribution is -0.00373. The molecule has 2 fully saturated rings. The zero-order valence-corrected chi connectivity index (χ0v) is 11.0. The van der Waals surface area contributed by atoms with Crippen LogP contribution < -0.4 is 5.32 Å². The van der Waals surface area contributed by atoms with Crippen molar-refractivity contribution in [3.63, 3.8) is 0 Å². The van der Waals surface area contributed by atoms with Crippen molar-refractivity contribution < 1.29 is 9.47 Å². The van der Waals surface area contributed by atoms with E-state index in [2.05, 4.69) is 17.3 Å². The lowest BCUT2D eigenvalue weighted by atomic mass is 9.79. The Kier molecular flexibility index (Phi) is 5.22. The van der Waals surface area contributed by atoms with Gasteiger partial charge in [-0.05, 0) is 31.7 Å². The molecule has 100 valence electrons. The van der Waals surface area contributed by atoms with Gasteiger partial charge in [0, 0.05) is 46.0 Å². The predicted octanol–water partition coefficient (Wildman–Crippen LogP) is 0.725. The molecule has 0 saturated carbocycles. The van der Waals surface area contributed by atoms with Gasteiger partial charge in [0.25, 0.3) is 0 Å². The number of ether oxygens (including phenoxy) is 2. The Morgan fingerprint density at radius 1 is 1.06 bits per heavy atom. The predicted molar refractivity (Wildman–Crippen MR) is 68.3 cm³/mol. The van der Waals surface area contributed by atoms with Crippen molar-refractivity contribution in [2.75, 3.05) is 59.7 Å². The maximum absolute atomic E-state index is 5.52. The van der Waals surface area contributed by atoms with E-state index in [1.807, 2.05) is 0 Å². The van der Waals surface area contributed by atoms with Crippen molar-refractivity contribution in [2.24, 2.45) is 5.41 Å². The maximum atomic E-state index is 5.52. The van der Waals surface area contributed by atoms with Gasteiger partial charge in [-0.2, -0.15) is 0 Å². The molecule has 4 nitrogen and oxygen atoms in total. The molecular weight excluding hydrogens is 216 g/mol. The fourth-order valence-electron chi connectivity index (χ4n) is 3.00. The van der Waals surface area contributed by atoms with Gasteiger partial charge in [-0.1, -0.05) is 0 Å². The van der Waals surface area contributed by atoms with Crippen LogP contribution in [0, 0.1) is 5.41 Å². The SMILES string of the molecule is CNCC1(CN2CCCOCC2)CCOCC1. The standard InChI is InChI=1S/C13H26N2O2/c1-14-11-13(3-8-17-9-4-13)12-15-5-2-7-16-10-6-15/h14H,2-12H2,1H3. The van der Waals surface area contributed by atoms with Crippen molar-refractivity contribution in [1.29, 1.82) is 0 Å². The summed E-state index contributed by atoms with van der Waals surface area (Å²) in [5.41, 5.74) is 0.414. The highest BCUT2D eigenvalue weighted by molar-refractivity contribution is 4.87. The fourth-order valence-corrected chi connectivity index (χ4v) is 3.00. The molecule has 0 aromatic rings. The minimum Gasteiger partial charge on any atom is -0.381 e. The first-order valence-electron chi connectivity index (χ1n) is 6.87. The number of hydrogen-bond donors (Lipinski definition) is 1. The fraction of sp³-hybridized carbons (Fsp3) is 1.00. The lowest BCUT2D eigenvalue weighted by Crippen LogP contribution is -2.47. The zero-order chi connectivity index (χ0) is 12.0.